The van der Waals surface area contributed by atoms with Gasteiger partial charge < -0.3 is 9.87 Å². The molecule has 1 heterocycles. The van der Waals surface area contributed by atoms with E-state index in [1.807, 2.05) is 52.8 Å². The van der Waals surface area contributed by atoms with Gasteiger partial charge in [-0.05, 0) is 62.2 Å². The monoisotopic (exact) mass is 372 g/mol. The van der Waals surface area contributed by atoms with E-state index in [1.54, 1.807) is 0 Å². The van der Waals surface area contributed by atoms with Crippen LogP contribution in [0.3, 0.4) is 0 Å². The second-order valence-electron chi connectivity index (χ2n) is 6.81. The molecule has 0 fully saturated rings. The summed E-state index contributed by atoms with van der Waals surface area (Å²) in [5.41, 5.74) is 1.02. The standard InChI is InChI=1S/C15H21BrN2O2S/c1-14(2,3)21(20)18-12-9-7-6-8-10(16)11(9)17-13(19)15(12,4)5/h6-8,12,18H,1-5H3,(H,17,19)/t12-,21+/m1/s1. The summed E-state index contributed by atoms with van der Waals surface area (Å²) in [6.45, 7) is 9.46. The number of carbonyl (C=O) groups excluding carboxylic acids is 1. The Hall–Kier alpha value is -0.560. The zero-order valence-corrected chi connectivity index (χ0v) is 15.3. The van der Waals surface area contributed by atoms with Crippen molar-refractivity contribution in [3.63, 3.8) is 0 Å². The first kappa shape index (κ1) is 16.8. The molecule has 0 aliphatic carbocycles. The topological polar surface area (TPSA) is 64.2 Å². The van der Waals surface area contributed by atoms with Crippen molar-refractivity contribution < 1.29 is 9.35 Å². The number of hydrogen-bond acceptors (Lipinski definition) is 3. The van der Waals surface area contributed by atoms with Gasteiger partial charge in [0.1, 0.15) is 4.75 Å². The molecule has 1 aromatic rings. The van der Waals surface area contributed by atoms with Gasteiger partial charge in [0.05, 0.1) is 17.1 Å². The third-order valence-corrected chi connectivity index (χ3v) is 5.91. The fourth-order valence-electron chi connectivity index (χ4n) is 2.20. The molecule has 1 aromatic carbocycles. The van der Waals surface area contributed by atoms with Crippen LogP contribution < -0.4 is 10.0 Å². The van der Waals surface area contributed by atoms with Crippen LogP contribution >= 0.6 is 15.9 Å². The minimum absolute atomic E-state index is 0.0784. The lowest BCUT2D eigenvalue weighted by molar-refractivity contribution is -0.125. The summed E-state index contributed by atoms with van der Waals surface area (Å²) in [5.74, 6) is -0.0784. The molecule has 6 heteroatoms. The van der Waals surface area contributed by atoms with Crippen molar-refractivity contribution in [1.82, 2.24) is 4.72 Å². The van der Waals surface area contributed by atoms with Gasteiger partial charge in [0, 0.05) is 15.8 Å². The molecule has 116 valence electrons. The Kier molecular flexibility index (Phi) is 4.46. The molecule has 1 aliphatic rings. The molecular formula is C15H21BrN2O2S. The SMILES string of the molecule is CC1(C)C(=O)Nc2c(Br)cccc2[C@H]1N[S@@+]([O-])C(C)(C)C. The van der Waals surface area contributed by atoms with Gasteiger partial charge in [-0.15, -0.1) is 4.72 Å². The normalized spacial score (nSPS) is 22.4. The lowest BCUT2D eigenvalue weighted by Crippen LogP contribution is -2.51. The largest absolute Gasteiger partial charge is 0.598 e. The molecule has 0 unspecified atom stereocenters. The van der Waals surface area contributed by atoms with Crippen molar-refractivity contribution in [3.05, 3.63) is 28.2 Å². The van der Waals surface area contributed by atoms with Crippen LogP contribution in [-0.4, -0.2) is 15.2 Å². The molecule has 0 radical (unpaired) electrons. The highest BCUT2D eigenvalue weighted by Gasteiger charge is 2.46. The van der Waals surface area contributed by atoms with Crippen molar-refractivity contribution >= 4 is 38.9 Å². The highest BCUT2D eigenvalue weighted by Crippen LogP contribution is 2.45. The Labute approximate surface area is 137 Å². The van der Waals surface area contributed by atoms with Crippen molar-refractivity contribution in [3.8, 4) is 0 Å². The van der Waals surface area contributed by atoms with Gasteiger partial charge in [-0.25, -0.2) is 0 Å². The number of benzene rings is 1. The van der Waals surface area contributed by atoms with E-state index in [1.165, 1.54) is 0 Å². The van der Waals surface area contributed by atoms with Crippen LogP contribution in [0, 0.1) is 5.41 Å². The van der Waals surface area contributed by atoms with Crippen LogP contribution in [0.15, 0.2) is 22.7 Å². The molecule has 0 bridgehead atoms. The number of carbonyl (C=O) groups is 1. The highest BCUT2D eigenvalue weighted by atomic mass is 79.9. The number of hydrogen-bond donors (Lipinski definition) is 2. The molecule has 1 aliphatic heterocycles. The summed E-state index contributed by atoms with van der Waals surface area (Å²) in [6, 6.07) is 5.46. The summed E-state index contributed by atoms with van der Waals surface area (Å²) in [6.07, 6.45) is 0. The zero-order chi connectivity index (χ0) is 16.0. The van der Waals surface area contributed by atoms with Gasteiger partial charge in [0.25, 0.3) is 0 Å². The fraction of sp³-hybridized carbons (Fsp3) is 0.533. The molecule has 2 rings (SSSR count). The molecular weight excluding hydrogens is 352 g/mol. The van der Waals surface area contributed by atoms with Crippen LogP contribution in [0.5, 0.6) is 0 Å². The maximum absolute atomic E-state index is 12.5. The Morgan fingerprint density at radius 2 is 2.00 bits per heavy atom. The van der Waals surface area contributed by atoms with Crippen molar-refractivity contribution in [2.45, 2.75) is 45.4 Å². The predicted octanol–water partition coefficient (Wildman–Crippen LogP) is 3.52. The molecule has 0 spiro atoms. The zero-order valence-electron chi connectivity index (χ0n) is 12.9. The number of halogens is 1. The number of rotatable bonds is 2. The first-order valence-electron chi connectivity index (χ1n) is 6.83. The van der Waals surface area contributed by atoms with Crippen LogP contribution in [0.25, 0.3) is 0 Å². The third kappa shape index (κ3) is 3.13. The van der Waals surface area contributed by atoms with Gasteiger partial charge >= 0.3 is 0 Å². The van der Waals surface area contributed by atoms with E-state index in [0.717, 1.165) is 15.7 Å². The average Bonchev–Trinajstić information content (AvgIpc) is 2.35. The summed E-state index contributed by atoms with van der Waals surface area (Å²) >= 11 is 2.21. The minimum Gasteiger partial charge on any atom is -0.598 e. The van der Waals surface area contributed by atoms with Gasteiger partial charge in [-0.3, -0.25) is 4.79 Å². The van der Waals surface area contributed by atoms with Crippen LogP contribution in [0.2, 0.25) is 0 Å². The smallest absolute Gasteiger partial charge is 0.232 e. The fourth-order valence-corrected chi connectivity index (χ4v) is 3.67. The molecule has 0 aromatic heterocycles. The summed E-state index contributed by atoms with van der Waals surface area (Å²) < 4.78 is 16.1. The number of fused-ring (bicyclic) bond motifs is 1. The second kappa shape index (κ2) is 5.57. The molecule has 2 N–H and O–H groups in total. The van der Waals surface area contributed by atoms with E-state index in [-0.39, 0.29) is 11.9 Å². The molecule has 0 saturated carbocycles. The van der Waals surface area contributed by atoms with Crippen LogP contribution in [0.4, 0.5) is 5.69 Å². The first-order valence-corrected chi connectivity index (χ1v) is 8.77. The van der Waals surface area contributed by atoms with Gasteiger partial charge in [0.15, 0.2) is 0 Å². The Morgan fingerprint density at radius 1 is 1.38 bits per heavy atom. The number of amides is 1. The van der Waals surface area contributed by atoms with E-state index < -0.39 is 21.5 Å². The van der Waals surface area contributed by atoms with Gasteiger partial charge in [-0.1, -0.05) is 12.1 Å². The molecule has 21 heavy (non-hydrogen) atoms. The highest BCUT2D eigenvalue weighted by molar-refractivity contribution is 9.10. The van der Waals surface area contributed by atoms with Crippen molar-refractivity contribution in [2.75, 3.05) is 5.32 Å². The maximum atomic E-state index is 12.5. The predicted molar refractivity (Wildman–Crippen MR) is 90.3 cm³/mol. The number of anilines is 1. The lowest BCUT2D eigenvalue weighted by atomic mass is 9.77. The van der Waals surface area contributed by atoms with Crippen LogP contribution in [0.1, 0.15) is 46.2 Å². The first-order chi connectivity index (χ1) is 9.55. The van der Waals surface area contributed by atoms with Gasteiger partial charge in [0.2, 0.25) is 5.91 Å². The van der Waals surface area contributed by atoms with Crippen molar-refractivity contribution in [1.29, 1.82) is 0 Å². The lowest BCUT2D eigenvalue weighted by Gasteiger charge is -2.40. The van der Waals surface area contributed by atoms with Crippen molar-refractivity contribution in [2.24, 2.45) is 5.41 Å². The maximum Gasteiger partial charge on any atom is 0.232 e. The molecule has 2 atom stereocenters. The summed E-state index contributed by atoms with van der Waals surface area (Å²) in [5, 5.41) is 2.94. The molecule has 1 amide bonds. The van der Waals surface area contributed by atoms with E-state index in [0.29, 0.717) is 0 Å². The van der Waals surface area contributed by atoms with E-state index >= 15 is 0 Å². The third-order valence-electron chi connectivity index (χ3n) is 3.68. The second-order valence-corrected chi connectivity index (χ2v) is 9.66. The number of para-hydroxylation sites is 1. The Morgan fingerprint density at radius 3 is 2.57 bits per heavy atom. The van der Waals surface area contributed by atoms with Crippen LogP contribution in [-0.2, 0) is 16.2 Å². The molecule has 0 saturated heterocycles. The average molecular weight is 373 g/mol. The molecule has 4 nitrogen and oxygen atoms in total. The van der Waals surface area contributed by atoms with E-state index in [2.05, 4.69) is 26.0 Å². The van der Waals surface area contributed by atoms with E-state index in [4.69, 9.17) is 0 Å². The summed E-state index contributed by atoms with van der Waals surface area (Å²) in [7, 11) is 0. The number of nitrogens with one attached hydrogen (secondary N) is 2. The van der Waals surface area contributed by atoms with E-state index in [9.17, 15) is 9.35 Å². The quantitative estimate of drug-likeness (QED) is 0.780. The summed E-state index contributed by atoms with van der Waals surface area (Å²) in [4.78, 5) is 12.4. The Bertz CT molecular complexity index is 569. The minimum atomic E-state index is -1.26. The van der Waals surface area contributed by atoms with Gasteiger partial charge in [-0.2, -0.15) is 0 Å². The Balaban J connectivity index is 2.47.